The second kappa shape index (κ2) is 3.89. The first-order valence-corrected chi connectivity index (χ1v) is 5.12. The first-order valence-electron chi connectivity index (χ1n) is 4.74. The van der Waals surface area contributed by atoms with Gasteiger partial charge in [-0.05, 0) is 18.2 Å². The molecule has 0 saturated carbocycles. The van der Waals surface area contributed by atoms with Crippen LogP contribution in [0.5, 0.6) is 0 Å². The predicted octanol–water partition coefficient (Wildman–Crippen LogP) is 2.03. The summed E-state index contributed by atoms with van der Waals surface area (Å²) in [6, 6.07) is 2.27. The third-order valence-corrected chi connectivity index (χ3v) is 2.83. The van der Waals surface area contributed by atoms with Gasteiger partial charge in [-0.15, -0.1) is 0 Å². The van der Waals surface area contributed by atoms with Gasteiger partial charge in [0.2, 0.25) is 5.91 Å². The Bertz CT molecular complexity index is 475. The average Bonchev–Trinajstić information content (AvgIpc) is 2.24. The summed E-state index contributed by atoms with van der Waals surface area (Å²) in [7, 11) is 0. The fraction of sp³-hybridized carbons (Fsp3) is 0.300. The highest BCUT2D eigenvalue weighted by molar-refractivity contribution is 6.34. The zero-order valence-electron chi connectivity index (χ0n) is 8.46. The van der Waals surface area contributed by atoms with Crippen molar-refractivity contribution in [2.45, 2.75) is 12.2 Å². The molecule has 1 heterocycles. The van der Waals surface area contributed by atoms with E-state index in [1.54, 1.807) is 0 Å². The van der Waals surface area contributed by atoms with Crippen molar-refractivity contribution in [2.75, 3.05) is 11.4 Å². The second-order valence-electron chi connectivity index (χ2n) is 3.72. The van der Waals surface area contributed by atoms with Crippen LogP contribution >= 0.6 is 11.6 Å². The molecule has 17 heavy (non-hydrogen) atoms. The predicted molar refractivity (Wildman–Crippen MR) is 56.8 cm³/mol. The number of hydrogen-bond donors (Lipinski definition) is 1. The van der Waals surface area contributed by atoms with Crippen molar-refractivity contribution < 1.29 is 18.0 Å². The van der Waals surface area contributed by atoms with E-state index in [1.165, 1.54) is 11.0 Å². The molecule has 2 N–H and O–H groups in total. The standard InChI is InChI=1S/C10H8ClF3N2O/c11-6-3-5(10(12,13)14)1-2-8(6)16-4-7(15)9(16)17/h1-3,7H,4,15H2. The third kappa shape index (κ3) is 2.10. The minimum Gasteiger partial charge on any atom is -0.318 e. The molecule has 1 unspecified atom stereocenters. The number of rotatable bonds is 1. The van der Waals surface area contributed by atoms with Gasteiger partial charge in [-0.25, -0.2) is 0 Å². The van der Waals surface area contributed by atoms with E-state index in [9.17, 15) is 18.0 Å². The highest BCUT2D eigenvalue weighted by atomic mass is 35.5. The third-order valence-electron chi connectivity index (χ3n) is 2.53. The number of β-lactam (4-membered cyclic amide) rings is 1. The molecule has 0 bridgehead atoms. The number of carbonyl (C=O) groups excluding carboxylic acids is 1. The highest BCUT2D eigenvalue weighted by Crippen LogP contribution is 2.36. The van der Waals surface area contributed by atoms with E-state index in [-0.39, 0.29) is 23.2 Å². The van der Waals surface area contributed by atoms with Gasteiger partial charge in [0.05, 0.1) is 22.8 Å². The fourth-order valence-corrected chi connectivity index (χ4v) is 1.85. The molecule has 3 nitrogen and oxygen atoms in total. The molecule has 2 rings (SSSR count). The molecule has 0 spiro atoms. The lowest BCUT2D eigenvalue weighted by atomic mass is 10.1. The zero-order valence-corrected chi connectivity index (χ0v) is 9.22. The second-order valence-corrected chi connectivity index (χ2v) is 4.13. The largest absolute Gasteiger partial charge is 0.416 e. The number of carbonyl (C=O) groups is 1. The normalized spacial score (nSPS) is 20.4. The molecule has 1 aliphatic rings. The minimum atomic E-state index is -4.45. The number of alkyl halides is 3. The number of benzene rings is 1. The minimum absolute atomic E-state index is 0.111. The summed E-state index contributed by atoms with van der Waals surface area (Å²) in [6.45, 7) is 0.268. The molecular weight excluding hydrogens is 257 g/mol. The molecule has 0 aliphatic carbocycles. The van der Waals surface area contributed by atoms with E-state index in [2.05, 4.69) is 0 Å². The summed E-state index contributed by atoms with van der Waals surface area (Å²) in [5.41, 5.74) is 4.80. The van der Waals surface area contributed by atoms with Crippen LogP contribution < -0.4 is 10.6 Å². The Balaban J connectivity index is 2.30. The van der Waals surface area contributed by atoms with Crippen molar-refractivity contribution >= 4 is 23.2 Å². The van der Waals surface area contributed by atoms with E-state index in [4.69, 9.17) is 17.3 Å². The molecule has 1 saturated heterocycles. The maximum Gasteiger partial charge on any atom is 0.416 e. The molecule has 0 aromatic heterocycles. The van der Waals surface area contributed by atoms with Crippen LogP contribution in [0.3, 0.4) is 0 Å². The topological polar surface area (TPSA) is 46.3 Å². The van der Waals surface area contributed by atoms with Gasteiger partial charge in [-0.2, -0.15) is 13.2 Å². The van der Waals surface area contributed by atoms with Crippen LogP contribution in [0.4, 0.5) is 18.9 Å². The summed E-state index contributed by atoms with van der Waals surface area (Å²) >= 11 is 5.72. The molecule has 92 valence electrons. The number of halogens is 4. The monoisotopic (exact) mass is 264 g/mol. The summed E-state index contributed by atoms with van der Waals surface area (Å²) in [5.74, 6) is -0.341. The summed E-state index contributed by atoms with van der Waals surface area (Å²) in [5, 5.41) is -0.111. The van der Waals surface area contributed by atoms with Crippen molar-refractivity contribution in [3.05, 3.63) is 28.8 Å². The van der Waals surface area contributed by atoms with Crippen LogP contribution in [0, 0.1) is 0 Å². The van der Waals surface area contributed by atoms with Crippen molar-refractivity contribution in [3.63, 3.8) is 0 Å². The first kappa shape index (κ1) is 12.2. The van der Waals surface area contributed by atoms with Gasteiger partial charge in [0.15, 0.2) is 0 Å². The van der Waals surface area contributed by atoms with Crippen LogP contribution in [-0.2, 0) is 11.0 Å². The number of amides is 1. The lowest BCUT2D eigenvalue weighted by Gasteiger charge is -2.36. The highest BCUT2D eigenvalue weighted by Gasteiger charge is 2.37. The summed E-state index contributed by atoms with van der Waals surface area (Å²) in [6.07, 6.45) is -4.45. The van der Waals surface area contributed by atoms with Gasteiger partial charge in [0.1, 0.15) is 6.04 Å². The Hall–Kier alpha value is -1.27. The van der Waals surface area contributed by atoms with Crippen molar-refractivity contribution in [1.29, 1.82) is 0 Å². The zero-order chi connectivity index (χ0) is 12.8. The molecule has 0 radical (unpaired) electrons. The quantitative estimate of drug-likeness (QED) is 0.789. The van der Waals surface area contributed by atoms with Gasteiger partial charge in [-0.1, -0.05) is 11.6 Å². The average molecular weight is 265 g/mol. The Kier molecular flexibility index (Phi) is 2.79. The number of anilines is 1. The van der Waals surface area contributed by atoms with Gasteiger partial charge in [0.25, 0.3) is 0 Å². The van der Waals surface area contributed by atoms with E-state index in [0.29, 0.717) is 0 Å². The molecule has 1 aliphatic heterocycles. The maximum absolute atomic E-state index is 12.4. The van der Waals surface area contributed by atoms with Crippen molar-refractivity contribution in [2.24, 2.45) is 5.73 Å². The molecule has 7 heteroatoms. The summed E-state index contributed by atoms with van der Waals surface area (Å²) < 4.78 is 37.1. The SMILES string of the molecule is NC1CN(c2ccc(C(F)(F)F)cc2Cl)C1=O. The van der Waals surface area contributed by atoms with Crippen LogP contribution in [0.25, 0.3) is 0 Å². The number of nitrogens with zero attached hydrogens (tertiary/aromatic N) is 1. The smallest absolute Gasteiger partial charge is 0.318 e. The summed E-state index contributed by atoms with van der Waals surface area (Å²) in [4.78, 5) is 12.6. The fourth-order valence-electron chi connectivity index (χ4n) is 1.57. The van der Waals surface area contributed by atoms with E-state index in [1.807, 2.05) is 0 Å². The maximum atomic E-state index is 12.4. The Morgan fingerprint density at radius 3 is 2.47 bits per heavy atom. The van der Waals surface area contributed by atoms with Crippen LogP contribution in [0.15, 0.2) is 18.2 Å². The number of hydrogen-bond acceptors (Lipinski definition) is 2. The van der Waals surface area contributed by atoms with Crippen molar-refractivity contribution in [1.82, 2.24) is 0 Å². The van der Waals surface area contributed by atoms with Gasteiger partial charge in [0, 0.05) is 0 Å². The molecular formula is C10H8ClF3N2O. The molecule has 1 amide bonds. The van der Waals surface area contributed by atoms with E-state index >= 15 is 0 Å². The Labute approximate surface area is 99.9 Å². The Morgan fingerprint density at radius 2 is 2.06 bits per heavy atom. The lowest BCUT2D eigenvalue weighted by Crippen LogP contribution is -2.61. The van der Waals surface area contributed by atoms with Crippen molar-refractivity contribution in [3.8, 4) is 0 Å². The lowest BCUT2D eigenvalue weighted by molar-refractivity contribution is -0.137. The number of nitrogens with two attached hydrogens (primary N) is 1. The molecule has 1 aromatic rings. The van der Waals surface area contributed by atoms with Crippen LogP contribution in [0.1, 0.15) is 5.56 Å². The molecule has 1 aromatic carbocycles. The van der Waals surface area contributed by atoms with Crippen LogP contribution in [-0.4, -0.2) is 18.5 Å². The molecule has 1 fully saturated rings. The van der Waals surface area contributed by atoms with E-state index in [0.717, 1.165) is 12.1 Å². The molecule has 1 atom stereocenters. The van der Waals surface area contributed by atoms with Gasteiger partial charge in [-0.3, -0.25) is 4.79 Å². The van der Waals surface area contributed by atoms with Gasteiger partial charge < -0.3 is 10.6 Å². The van der Waals surface area contributed by atoms with Crippen LogP contribution in [0.2, 0.25) is 5.02 Å². The van der Waals surface area contributed by atoms with E-state index < -0.39 is 17.8 Å². The Morgan fingerprint density at radius 1 is 1.41 bits per heavy atom. The first-order chi connectivity index (χ1) is 7.80. The van der Waals surface area contributed by atoms with Gasteiger partial charge >= 0.3 is 6.18 Å².